The van der Waals surface area contributed by atoms with Crippen LogP contribution in [0.15, 0.2) is 25.0 Å². The number of halogens is 2. The monoisotopic (exact) mass is 451 g/mol. The van der Waals surface area contributed by atoms with Gasteiger partial charge in [-0.05, 0) is 25.8 Å². The van der Waals surface area contributed by atoms with Gasteiger partial charge >= 0.3 is 0 Å². The molecule has 4 rings (SSSR count). The first kappa shape index (κ1) is 21.8. The molecular weight excluding hydrogens is 429 g/mol. The van der Waals surface area contributed by atoms with Crippen LogP contribution < -0.4 is 10.6 Å². The van der Waals surface area contributed by atoms with Crippen molar-refractivity contribution in [2.45, 2.75) is 32.4 Å². The van der Waals surface area contributed by atoms with E-state index in [1.165, 1.54) is 6.08 Å². The summed E-state index contributed by atoms with van der Waals surface area (Å²) in [5.41, 5.74) is 1.30. The zero-order valence-electron chi connectivity index (χ0n) is 16.4. The van der Waals surface area contributed by atoms with Gasteiger partial charge in [-0.3, -0.25) is 14.6 Å². The van der Waals surface area contributed by atoms with Gasteiger partial charge in [0.15, 0.2) is 10.8 Å². The van der Waals surface area contributed by atoms with Gasteiger partial charge in [-0.1, -0.05) is 18.2 Å². The molecule has 0 aliphatic carbocycles. The molecule has 1 saturated heterocycles. The number of H-pyrrole nitrogens is 1. The molecule has 0 aromatic carbocycles. The normalized spacial score (nSPS) is 16.2. The van der Waals surface area contributed by atoms with Crippen LogP contribution in [0.3, 0.4) is 0 Å². The highest BCUT2D eigenvalue weighted by Crippen LogP contribution is 2.29. The molecule has 0 spiro atoms. The number of carbonyl (C=O) groups is 1. The quantitative estimate of drug-likeness (QED) is 0.493. The molecule has 4 heterocycles. The summed E-state index contributed by atoms with van der Waals surface area (Å²) in [5, 5.41) is 18.6. The summed E-state index contributed by atoms with van der Waals surface area (Å²) >= 11 is 6.26. The van der Waals surface area contributed by atoms with Gasteiger partial charge in [0.25, 0.3) is 0 Å². The number of nitrogens with one attached hydrogen (secondary N) is 3. The van der Waals surface area contributed by atoms with E-state index in [0.717, 1.165) is 31.6 Å². The predicted molar refractivity (Wildman–Crippen MR) is 119 cm³/mol. The standard InChI is InChI=1S/C18H22ClN9O.ClH/c1-3-13(29)27-7-5-6-11(9-27)21-16-14-15(19)25-26-17(14)24-18(23-16)22-12-8-20-28(4-2)10-12;/h3,8,10-11H,1,4-7,9H2,2H3,(H3,21,22,23,24,25,26);1H/t11-;/m1./s1. The first-order chi connectivity index (χ1) is 14.1. The fourth-order valence-electron chi connectivity index (χ4n) is 3.40. The summed E-state index contributed by atoms with van der Waals surface area (Å²) < 4.78 is 1.81. The van der Waals surface area contributed by atoms with Crippen molar-refractivity contribution < 1.29 is 4.79 Å². The number of aromatic nitrogens is 6. The Morgan fingerprint density at radius 3 is 3.03 bits per heavy atom. The summed E-state index contributed by atoms with van der Waals surface area (Å²) in [6.07, 6.45) is 6.74. The largest absolute Gasteiger partial charge is 0.365 e. The summed E-state index contributed by atoms with van der Waals surface area (Å²) in [6, 6.07) is 0.0346. The number of carbonyl (C=O) groups excluding carboxylic acids is 1. The Hall–Kier alpha value is -2.85. The molecule has 1 amide bonds. The molecule has 12 heteroatoms. The van der Waals surface area contributed by atoms with E-state index < -0.39 is 0 Å². The van der Waals surface area contributed by atoms with Crippen LogP contribution >= 0.6 is 24.0 Å². The van der Waals surface area contributed by atoms with Gasteiger partial charge in [-0.25, -0.2) is 0 Å². The number of likely N-dealkylation sites (tertiary alicyclic amines) is 1. The highest BCUT2D eigenvalue weighted by Gasteiger charge is 2.24. The van der Waals surface area contributed by atoms with Crippen molar-refractivity contribution in [2.24, 2.45) is 0 Å². The minimum atomic E-state index is -0.0685. The van der Waals surface area contributed by atoms with Crippen molar-refractivity contribution in [3.05, 3.63) is 30.2 Å². The molecule has 0 unspecified atom stereocenters. The van der Waals surface area contributed by atoms with E-state index in [0.29, 0.717) is 34.5 Å². The second-order valence-corrected chi connectivity index (χ2v) is 7.17. The molecule has 3 aromatic rings. The number of hydrogen-bond donors (Lipinski definition) is 3. The maximum absolute atomic E-state index is 12.0. The number of aromatic amines is 1. The molecule has 1 aliphatic rings. The van der Waals surface area contributed by atoms with E-state index in [2.05, 4.69) is 42.5 Å². The van der Waals surface area contributed by atoms with Crippen LogP contribution in [0.5, 0.6) is 0 Å². The Morgan fingerprint density at radius 2 is 2.30 bits per heavy atom. The molecule has 30 heavy (non-hydrogen) atoms. The average molecular weight is 452 g/mol. The number of anilines is 3. The number of hydrogen-bond acceptors (Lipinski definition) is 7. The third-order valence-corrected chi connectivity index (χ3v) is 5.11. The number of fused-ring (bicyclic) bond motifs is 1. The van der Waals surface area contributed by atoms with Crippen molar-refractivity contribution in [3.8, 4) is 0 Å². The fourth-order valence-corrected chi connectivity index (χ4v) is 3.62. The second kappa shape index (κ2) is 9.31. The lowest BCUT2D eigenvalue weighted by Gasteiger charge is -2.32. The van der Waals surface area contributed by atoms with E-state index in [-0.39, 0.29) is 24.4 Å². The molecule has 0 radical (unpaired) electrons. The molecule has 160 valence electrons. The van der Waals surface area contributed by atoms with Crippen LogP contribution in [-0.4, -0.2) is 59.9 Å². The van der Waals surface area contributed by atoms with E-state index in [4.69, 9.17) is 11.6 Å². The Morgan fingerprint density at radius 1 is 1.47 bits per heavy atom. The lowest BCUT2D eigenvalue weighted by molar-refractivity contribution is -0.127. The first-order valence-electron chi connectivity index (χ1n) is 9.46. The molecule has 1 atom stereocenters. The van der Waals surface area contributed by atoms with Gasteiger partial charge in [0, 0.05) is 31.9 Å². The highest BCUT2D eigenvalue weighted by molar-refractivity contribution is 6.35. The molecule has 3 N–H and O–H groups in total. The van der Waals surface area contributed by atoms with Crippen LogP contribution in [0.4, 0.5) is 17.5 Å². The van der Waals surface area contributed by atoms with E-state index in [1.54, 1.807) is 15.8 Å². The second-order valence-electron chi connectivity index (χ2n) is 6.82. The Balaban J connectivity index is 0.00000256. The number of piperidine rings is 1. The third-order valence-electron chi connectivity index (χ3n) is 4.84. The number of nitrogens with zero attached hydrogens (tertiary/aromatic N) is 6. The van der Waals surface area contributed by atoms with Crippen LogP contribution in [0.1, 0.15) is 19.8 Å². The zero-order chi connectivity index (χ0) is 20.4. The van der Waals surface area contributed by atoms with Crippen molar-refractivity contribution in [3.63, 3.8) is 0 Å². The number of rotatable bonds is 6. The maximum atomic E-state index is 12.0. The van der Waals surface area contributed by atoms with Crippen molar-refractivity contribution in [1.82, 2.24) is 34.8 Å². The third kappa shape index (κ3) is 4.49. The molecule has 10 nitrogen and oxygen atoms in total. The maximum Gasteiger partial charge on any atom is 0.246 e. The van der Waals surface area contributed by atoms with Crippen molar-refractivity contribution in [1.29, 1.82) is 0 Å². The molecule has 0 bridgehead atoms. The Kier molecular flexibility index (Phi) is 6.78. The predicted octanol–water partition coefficient (Wildman–Crippen LogP) is 2.98. The van der Waals surface area contributed by atoms with Gasteiger partial charge in [0.05, 0.1) is 11.9 Å². The van der Waals surface area contributed by atoms with Crippen molar-refractivity contribution >= 4 is 58.4 Å². The number of aryl methyl sites for hydroxylation is 1. The lowest BCUT2D eigenvalue weighted by Crippen LogP contribution is -2.44. The van der Waals surface area contributed by atoms with Crippen LogP contribution in [0.2, 0.25) is 5.15 Å². The zero-order valence-corrected chi connectivity index (χ0v) is 18.0. The minimum absolute atomic E-state index is 0. The SMILES string of the molecule is C=CC(=O)N1CCC[C@@H](Nc2nc(Nc3cnn(CC)c3)nc3[nH]nc(Cl)c23)C1.Cl. The summed E-state index contributed by atoms with van der Waals surface area (Å²) in [6.45, 7) is 7.65. The molecule has 1 fully saturated rings. The molecular formula is C18H23Cl2N9O. The lowest BCUT2D eigenvalue weighted by atomic mass is 10.1. The summed E-state index contributed by atoms with van der Waals surface area (Å²) in [5.74, 6) is 0.892. The average Bonchev–Trinajstić information content (AvgIpc) is 3.34. The van der Waals surface area contributed by atoms with Gasteiger partial charge in [-0.15, -0.1) is 12.4 Å². The van der Waals surface area contributed by atoms with Crippen LogP contribution in [0.25, 0.3) is 11.0 Å². The van der Waals surface area contributed by atoms with Gasteiger partial charge < -0.3 is 15.5 Å². The van der Waals surface area contributed by atoms with Gasteiger partial charge in [-0.2, -0.15) is 20.2 Å². The fraction of sp³-hybridized carbons (Fsp3) is 0.389. The minimum Gasteiger partial charge on any atom is -0.365 e. The summed E-state index contributed by atoms with van der Waals surface area (Å²) in [4.78, 5) is 22.8. The van der Waals surface area contributed by atoms with E-state index >= 15 is 0 Å². The Labute approximate surface area is 184 Å². The number of amides is 1. The van der Waals surface area contributed by atoms with Crippen LogP contribution in [0, 0.1) is 0 Å². The van der Waals surface area contributed by atoms with Gasteiger partial charge in [0.1, 0.15) is 11.2 Å². The topological polar surface area (TPSA) is 117 Å². The van der Waals surface area contributed by atoms with Crippen molar-refractivity contribution in [2.75, 3.05) is 23.7 Å². The molecule has 0 saturated carbocycles. The molecule has 3 aromatic heterocycles. The Bertz CT molecular complexity index is 1050. The summed E-state index contributed by atoms with van der Waals surface area (Å²) in [7, 11) is 0. The van der Waals surface area contributed by atoms with Gasteiger partial charge in [0.2, 0.25) is 11.9 Å². The van der Waals surface area contributed by atoms with E-state index in [1.807, 2.05) is 13.1 Å². The first-order valence-corrected chi connectivity index (χ1v) is 9.84. The smallest absolute Gasteiger partial charge is 0.246 e. The highest BCUT2D eigenvalue weighted by atomic mass is 35.5. The van der Waals surface area contributed by atoms with E-state index in [9.17, 15) is 4.79 Å². The molecule has 1 aliphatic heterocycles. The van der Waals surface area contributed by atoms with Crippen LogP contribution in [-0.2, 0) is 11.3 Å².